The smallest absolute Gasteiger partial charge is 0.0964 e. The molecule has 6 nitrogen and oxygen atoms in total. The van der Waals surface area contributed by atoms with Gasteiger partial charge in [-0.2, -0.15) is 10.2 Å². The minimum absolute atomic E-state index is 0.822. The van der Waals surface area contributed by atoms with E-state index in [4.69, 9.17) is 10.2 Å². The molecule has 44 heavy (non-hydrogen) atoms. The van der Waals surface area contributed by atoms with Gasteiger partial charge in [0.2, 0.25) is 0 Å². The fraction of sp³-hybridized carbons (Fsp3) is 0.158. The van der Waals surface area contributed by atoms with E-state index >= 15 is 0 Å². The standard InChI is InChI=1S/C38H36N6/c1-25-13-23-33-31(9-7-11-35(33)37(25)41-39-27-15-19-29(20-16-27)43(3)4)32-10-8-12-36-34(32)24-14-26(2)38(36)42-40-28-17-21-30(22-18-28)44(5)6/h7-24H,1-6H3. The third kappa shape index (κ3) is 5.66. The lowest BCUT2D eigenvalue weighted by Gasteiger charge is -2.14. The molecule has 218 valence electrons. The highest BCUT2D eigenvalue weighted by Gasteiger charge is 2.14. The molecule has 0 fully saturated rings. The second-order valence-corrected chi connectivity index (χ2v) is 11.5. The van der Waals surface area contributed by atoms with E-state index in [1.165, 1.54) is 0 Å². The first-order chi connectivity index (χ1) is 21.3. The number of azo groups is 2. The normalized spacial score (nSPS) is 11.7. The van der Waals surface area contributed by atoms with Gasteiger partial charge in [-0.15, -0.1) is 10.2 Å². The molecule has 0 amide bonds. The van der Waals surface area contributed by atoms with Crippen molar-refractivity contribution in [3.63, 3.8) is 0 Å². The van der Waals surface area contributed by atoms with Crippen molar-refractivity contribution < 1.29 is 0 Å². The largest absolute Gasteiger partial charge is 0.378 e. The van der Waals surface area contributed by atoms with Crippen molar-refractivity contribution in [2.24, 2.45) is 20.5 Å². The van der Waals surface area contributed by atoms with Crippen LogP contribution in [0.15, 0.2) is 130 Å². The van der Waals surface area contributed by atoms with Gasteiger partial charge in [0.15, 0.2) is 0 Å². The van der Waals surface area contributed by atoms with Crippen molar-refractivity contribution in [3.05, 3.63) is 120 Å². The van der Waals surface area contributed by atoms with Gasteiger partial charge >= 0.3 is 0 Å². The molecule has 0 aliphatic heterocycles. The van der Waals surface area contributed by atoms with E-state index in [0.29, 0.717) is 0 Å². The topological polar surface area (TPSA) is 55.9 Å². The lowest BCUT2D eigenvalue weighted by molar-refractivity contribution is 1.13. The molecule has 0 atom stereocenters. The van der Waals surface area contributed by atoms with Crippen LogP contribution < -0.4 is 9.80 Å². The molecule has 6 rings (SSSR count). The van der Waals surface area contributed by atoms with Gasteiger partial charge in [-0.1, -0.05) is 60.7 Å². The molecule has 0 saturated carbocycles. The summed E-state index contributed by atoms with van der Waals surface area (Å²) in [5.74, 6) is 0. The summed E-state index contributed by atoms with van der Waals surface area (Å²) >= 11 is 0. The van der Waals surface area contributed by atoms with Crippen LogP contribution in [0, 0.1) is 13.8 Å². The Morgan fingerprint density at radius 2 is 0.773 bits per heavy atom. The summed E-state index contributed by atoms with van der Waals surface area (Å²) in [6, 6.07) is 37.7. The quantitative estimate of drug-likeness (QED) is 0.177. The van der Waals surface area contributed by atoms with Gasteiger partial charge in [0.05, 0.1) is 22.7 Å². The lowest BCUT2D eigenvalue weighted by atomic mass is 9.91. The second kappa shape index (κ2) is 12.1. The molecule has 0 aliphatic rings. The molecule has 0 saturated heterocycles. The summed E-state index contributed by atoms with van der Waals surface area (Å²) < 4.78 is 0. The Hall–Kier alpha value is -5.36. The van der Waals surface area contributed by atoms with Gasteiger partial charge in [-0.05, 0) is 95.4 Å². The minimum atomic E-state index is 0.822. The average molecular weight is 577 g/mol. The molecular formula is C38H36N6. The maximum absolute atomic E-state index is 4.75. The van der Waals surface area contributed by atoms with Crippen LogP contribution in [-0.2, 0) is 0 Å². The molecule has 6 aromatic carbocycles. The van der Waals surface area contributed by atoms with Crippen molar-refractivity contribution in [1.29, 1.82) is 0 Å². The number of benzene rings is 6. The Morgan fingerprint density at radius 1 is 0.386 bits per heavy atom. The molecule has 0 bridgehead atoms. The fourth-order valence-corrected chi connectivity index (χ4v) is 5.49. The van der Waals surface area contributed by atoms with Crippen LogP contribution in [0.3, 0.4) is 0 Å². The Kier molecular flexibility index (Phi) is 7.90. The number of rotatable bonds is 7. The monoisotopic (exact) mass is 576 g/mol. The molecule has 6 aromatic rings. The van der Waals surface area contributed by atoms with Crippen LogP contribution in [0.2, 0.25) is 0 Å². The first-order valence-corrected chi connectivity index (χ1v) is 14.7. The molecule has 6 heteroatoms. The highest BCUT2D eigenvalue weighted by Crippen LogP contribution is 2.41. The number of hydrogen-bond acceptors (Lipinski definition) is 6. The van der Waals surface area contributed by atoms with E-state index < -0.39 is 0 Å². The van der Waals surface area contributed by atoms with Crippen LogP contribution in [0.25, 0.3) is 32.7 Å². The predicted molar refractivity (Wildman–Crippen MR) is 186 cm³/mol. The van der Waals surface area contributed by atoms with Gasteiger partial charge in [0.1, 0.15) is 0 Å². The summed E-state index contributed by atoms with van der Waals surface area (Å²) in [6.07, 6.45) is 0. The minimum Gasteiger partial charge on any atom is -0.378 e. The number of hydrogen-bond donors (Lipinski definition) is 0. The summed E-state index contributed by atoms with van der Waals surface area (Å²) in [5, 5.41) is 23.1. The van der Waals surface area contributed by atoms with E-state index in [1.54, 1.807) is 0 Å². The van der Waals surface area contributed by atoms with Gasteiger partial charge in [0, 0.05) is 50.3 Å². The SMILES string of the molecule is Cc1ccc2c(-c3cccc4c(N=Nc5ccc(N(C)C)cc5)c(C)ccc34)cccc2c1N=Nc1ccc(N(C)C)cc1. The average Bonchev–Trinajstić information content (AvgIpc) is 3.03. The van der Waals surface area contributed by atoms with Gasteiger partial charge in [-0.25, -0.2) is 0 Å². The molecular weight excluding hydrogens is 540 g/mol. The molecule has 0 spiro atoms. The van der Waals surface area contributed by atoms with Crippen molar-refractivity contribution in [2.75, 3.05) is 38.0 Å². The van der Waals surface area contributed by atoms with Crippen LogP contribution in [0.4, 0.5) is 34.1 Å². The molecule has 0 N–H and O–H groups in total. The van der Waals surface area contributed by atoms with E-state index in [0.717, 1.165) is 77.9 Å². The Bertz CT molecular complexity index is 1870. The number of fused-ring (bicyclic) bond motifs is 2. The third-order valence-corrected chi connectivity index (χ3v) is 8.02. The zero-order chi connectivity index (χ0) is 30.8. The second-order valence-electron chi connectivity index (χ2n) is 11.5. The van der Waals surface area contributed by atoms with Crippen LogP contribution in [0.1, 0.15) is 11.1 Å². The number of aryl methyl sites for hydroxylation is 2. The maximum Gasteiger partial charge on any atom is 0.0964 e. The highest BCUT2D eigenvalue weighted by molar-refractivity contribution is 6.10. The molecule has 0 radical (unpaired) electrons. The van der Waals surface area contributed by atoms with Crippen molar-refractivity contribution >= 4 is 55.7 Å². The first kappa shape index (κ1) is 28.7. The van der Waals surface area contributed by atoms with Crippen LogP contribution in [0.5, 0.6) is 0 Å². The zero-order valence-corrected chi connectivity index (χ0v) is 26.1. The van der Waals surface area contributed by atoms with Gasteiger partial charge < -0.3 is 9.80 Å². The van der Waals surface area contributed by atoms with E-state index in [-0.39, 0.29) is 0 Å². The fourth-order valence-electron chi connectivity index (χ4n) is 5.49. The zero-order valence-electron chi connectivity index (χ0n) is 26.1. The summed E-state index contributed by atoms with van der Waals surface area (Å²) in [6.45, 7) is 4.17. The highest BCUT2D eigenvalue weighted by atomic mass is 15.1. The first-order valence-electron chi connectivity index (χ1n) is 14.7. The summed E-state index contributed by atoms with van der Waals surface area (Å²) in [5.41, 5.74) is 10.1. The summed E-state index contributed by atoms with van der Waals surface area (Å²) in [7, 11) is 8.12. The maximum atomic E-state index is 4.75. The molecule has 0 aliphatic carbocycles. The van der Waals surface area contributed by atoms with E-state index in [2.05, 4.69) is 119 Å². The lowest BCUT2D eigenvalue weighted by Crippen LogP contribution is -2.07. The van der Waals surface area contributed by atoms with Crippen LogP contribution in [-0.4, -0.2) is 28.2 Å². The van der Waals surface area contributed by atoms with Crippen molar-refractivity contribution in [2.45, 2.75) is 13.8 Å². The van der Waals surface area contributed by atoms with Crippen molar-refractivity contribution in [1.82, 2.24) is 0 Å². The summed E-state index contributed by atoms with van der Waals surface area (Å²) in [4.78, 5) is 4.14. The molecule has 0 aromatic heterocycles. The number of nitrogens with zero attached hydrogens (tertiary/aromatic N) is 6. The Morgan fingerprint density at radius 3 is 1.14 bits per heavy atom. The van der Waals surface area contributed by atoms with Crippen molar-refractivity contribution in [3.8, 4) is 11.1 Å². The van der Waals surface area contributed by atoms with Gasteiger partial charge in [-0.3, -0.25) is 0 Å². The molecule has 0 heterocycles. The Labute approximate surface area is 259 Å². The Balaban J connectivity index is 1.42. The van der Waals surface area contributed by atoms with E-state index in [1.807, 2.05) is 52.5 Å². The van der Waals surface area contributed by atoms with E-state index in [9.17, 15) is 0 Å². The molecule has 0 unspecified atom stereocenters. The third-order valence-electron chi connectivity index (χ3n) is 8.02. The number of anilines is 2. The van der Waals surface area contributed by atoms with Gasteiger partial charge in [0.25, 0.3) is 0 Å². The predicted octanol–water partition coefficient (Wildman–Crippen LogP) is 11.2. The van der Waals surface area contributed by atoms with Crippen LogP contribution >= 0.6 is 0 Å².